The predicted octanol–water partition coefficient (Wildman–Crippen LogP) is 2.10. The van der Waals surface area contributed by atoms with E-state index in [9.17, 15) is 29.4 Å². The summed E-state index contributed by atoms with van der Waals surface area (Å²) in [5.41, 5.74) is 5.08. The molecular formula is C25H27N7O7S4. The van der Waals surface area contributed by atoms with Crippen molar-refractivity contribution in [2.75, 3.05) is 23.8 Å². The van der Waals surface area contributed by atoms with Crippen LogP contribution in [0.5, 0.6) is 0 Å². The quantitative estimate of drug-likeness (QED) is 0.118. The van der Waals surface area contributed by atoms with Gasteiger partial charge in [-0.1, -0.05) is 16.9 Å². The summed E-state index contributed by atoms with van der Waals surface area (Å²) >= 11 is 5.34. The van der Waals surface area contributed by atoms with Crippen LogP contribution in [0, 0.1) is 0 Å². The highest BCUT2D eigenvalue weighted by Crippen LogP contribution is 2.42. The number of nitrogens with zero attached hydrogens (tertiary/aromatic N) is 5. The third-order valence-corrected chi connectivity index (χ3v) is 11.0. The number of aromatic nitrogens is 2. The third-order valence-electron chi connectivity index (χ3n) is 6.67. The molecule has 5 N–H and O–H groups in total. The highest BCUT2D eigenvalue weighted by Gasteiger charge is 2.54. The summed E-state index contributed by atoms with van der Waals surface area (Å²) in [5.74, 6) is -3.31. The number of nitrogens with two attached hydrogens (primary N) is 1. The minimum atomic E-state index is -1.75. The fourth-order valence-corrected chi connectivity index (χ4v) is 8.35. The summed E-state index contributed by atoms with van der Waals surface area (Å²) in [7, 11) is 0. The molecule has 3 aliphatic rings. The van der Waals surface area contributed by atoms with Gasteiger partial charge in [0.05, 0.1) is 17.1 Å². The molecule has 43 heavy (non-hydrogen) atoms. The summed E-state index contributed by atoms with van der Waals surface area (Å²) in [6, 6.07) is -1.05. The van der Waals surface area contributed by atoms with E-state index >= 15 is 0 Å². The fourth-order valence-electron chi connectivity index (χ4n) is 4.23. The second kappa shape index (κ2) is 12.2. The van der Waals surface area contributed by atoms with Crippen LogP contribution in [0.25, 0.3) is 6.08 Å². The number of thioether (sulfide) groups is 2. The van der Waals surface area contributed by atoms with Crippen LogP contribution in [-0.2, 0) is 30.6 Å². The Morgan fingerprint density at radius 2 is 2.07 bits per heavy atom. The number of nitrogen functional groups attached to an aromatic ring is 1. The highest BCUT2D eigenvalue weighted by atomic mass is 32.2. The summed E-state index contributed by atoms with van der Waals surface area (Å²) in [4.78, 5) is 68.5. The van der Waals surface area contributed by atoms with Gasteiger partial charge in [0.15, 0.2) is 15.2 Å². The predicted molar refractivity (Wildman–Crippen MR) is 164 cm³/mol. The van der Waals surface area contributed by atoms with Gasteiger partial charge in [-0.15, -0.1) is 34.4 Å². The van der Waals surface area contributed by atoms with E-state index in [0.29, 0.717) is 17.1 Å². The molecule has 2 aromatic rings. The highest BCUT2D eigenvalue weighted by molar-refractivity contribution is 8.01. The second-order valence-electron chi connectivity index (χ2n) is 9.99. The zero-order valence-electron chi connectivity index (χ0n) is 23.1. The van der Waals surface area contributed by atoms with Crippen LogP contribution in [0.2, 0.25) is 0 Å². The van der Waals surface area contributed by atoms with Crippen LogP contribution in [0.3, 0.4) is 0 Å². The number of nitrogens with one attached hydrogen (secondary N) is 1. The average molecular weight is 666 g/mol. The normalized spacial score (nSPS) is 20.0. The first-order valence-corrected chi connectivity index (χ1v) is 16.6. The summed E-state index contributed by atoms with van der Waals surface area (Å²) < 4.78 is 0.819. The summed E-state index contributed by atoms with van der Waals surface area (Å²) in [5, 5.41) is 26.6. The Morgan fingerprint density at radius 1 is 1.30 bits per heavy atom. The number of hydrogen-bond donors (Lipinski definition) is 4. The molecule has 0 aromatic carbocycles. The standard InChI is InChI=1S/C25H27N7O7S4/c1-4-31-6-5-14-12(7-31)28-24(43-14)42-9-11-8-40-20-16(19(34)32(20)17(11)21(35)36)29-18(33)15(13-10-41-23(26)27-13)30-39-25(2,3)22(37)38/h5-6,10,16,20H,4,7-9H2,1-3H3,(H2,26,27)(H,29,33)(H,35,36)(H,37,38)/b30-15-/t16?,20-/m1/s1. The molecular weight excluding hydrogens is 639 g/mol. The van der Waals surface area contributed by atoms with E-state index < -0.39 is 40.8 Å². The van der Waals surface area contributed by atoms with Crippen LogP contribution >= 0.6 is 46.2 Å². The molecule has 18 heteroatoms. The Hall–Kier alpha value is -3.61. The molecule has 1 saturated heterocycles. The lowest BCUT2D eigenvalue weighted by Gasteiger charge is -2.49. The Bertz CT molecular complexity index is 1580. The van der Waals surface area contributed by atoms with Crippen molar-refractivity contribution in [2.45, 2.75) is 48.7 Å². The van der Waals surface area contributed by atoms with Gasteiger partial charge < -0.3 is 31.0 Å². The molecule has 0 saturated carbocycles. The molecule has 2 atom stereocenters. The first kappa shape index (κ1) is 30.8. The van der Waals surface area contributed by atoms with Gasteiger partial charge in [0, 0.05) is 29.6 Å². The molecule has 0 aliphatic carbocycles. The zero-order chi connectivity index (χ0) is 31.1. The average Bonchev–Trinajstić information content (AvgIpc) is 3.59. The van der Waals surface area contributed by atoms with Gasteiger partial charge in [-0.05, 0) is 32.4 Å². The molecule has 3 aliphatic heterocycles. The lowest BCUT2D eigenvalue weighted by atomic mass is 10.0. The van der Waals surface area contributed by atoms with Crippen molar-refractivity contribution in [3.05, 3.63) is 39.1 Å². The largest absolute Gasteiger partial charge is 0.478 e. The SMILES string of the molecule is CCN1C=Cc2sc(SCC3=C(C(=O)O)N4C(=O)C(NC(=O)/C(=N\OC(C)(C)C(=O)O)c5csc(N)n5)[C@H]4SC3)nc2C1. The van der Waals surface area contributed by atoms with Crippen LogP contribution in [0.1, 0.15) is 37.0 Å². The smallest absolute Gasteiger partial charge is 0.352 e. The number of oxime groups is 1. The van der Waals surface area contributed by atoms with E-state index in [-0.39, 0.29) is 22.2 Å². The minimum Gasteiger partial charge on any atom is -0.478 e. The van der Waals surface area contributed by atoms with E-state index in [1.807, 2.05) is 12.3 Å². The number of carboxylic acid groups (broad SMARTS) is 2. The van der Waals surface area contributed by atoms with Crippen molar-refractivity contribution >= 4 is 86.9 Å². The maximum Gasteiger partial charge on any atom is 0.352 e. The van der Waals surface area contributed by atoms with Crippen LogP contribution in [-0.4, -0.2) is 94.5 Å². The monoisotopic (exact) mass is 665 g/mol. The number of rotatable bonds is 11. The van der Waals surface area contributed by atoms with Crippen LogP contribution in [0.15, 0.2) is 32.3 Å². The number of anilines is 1. The molecule has 14 nitrogen and oxygen atoms in total. The van der Waals surface area contributed by atoms with Gasteiger partial charge in [0.1, 0.15) is 22.8 Å². The Balaban J connectivity index is 1.30. The van der Waals surface area contributed by atoms with Gasteiger partial charge in [-0.3, -0.25) is 14.5 Å². The zero-order valence-corrected chi connectivity index (χ0v) is 26.4. The van der Waals surface area contributed by atoms with E-state index in [2.05, 4.69) is 27.3 Å². The maximum absolute atomic E-state index is 13.3. The summed E-state index contributed by atoms with van der Waals surface area (Å²) in [6.45, 7) is 6.18. The Kier molecular flexibility index (Phi) is 8.73. The van der Waals surface area contributed by atoms with Crippen LogP contribution < -0.4 is 11.1 Å². The number of amides is 2. The van der Waals surface area contributed by atoms with E-state index in [4.69, 9.17) is 15.6 Å². The number of carbonyl (C=O) groups is 4. The van der Waals surface area contributed by atoms with E-state index in [0.717, 1.165) is 39.3 Å². The number of hydrogen-bond acceptors (Lipinski definition) is 14. The van der Waals surface area contributed by atoms with Crippen molar-refractivity contribution in [3.8, 4) is 0 Å². The van der Waals surface area contributed by atoms with E-state index in [1.165, 1.54) is 47.7 Å². The van der Waals surface area contributed by atoms with Crippen molar-refractivity contribution in [1.29, 1.82) is 0 Å². The van der Waals surface area contributed by atoms with Crippen molar-refractivity contribution in [1.82, 2.24) is 25.1 Å². The first-order valence-electron chi connectivity index (χ1n) is 12.9. The Morgan fingerprint density at radius 3 is 2.72 bits per heavy atom. The van der Waals surface area contributed by atoms with Crippen molar-refractivity contribution < 1.29 is 34.2 Å². The molecule has 1 fully saturated rings. The maximum atomic E-state index is 13.3. The van der Waals surface area contributed by atoms with Crippen molar-refractivity contribution in [2.24, 2.45) is 5.16 Å². The van der Waals surface area contributed by atoms with Gasteiger partial charge in [-0.25, -0.2) is 19.6 Å². The van der Waals surface area contributed by atoms with E-state index in [1.54, 1.807) is 11.3 Å². The number of carbonyl (C=O) groups excluding carboxylic acids is 2. The number of thiazole rings is 2. The molecule has 0 spiro atoms. The van der Waals surface area contributed by atoms with Gasteiger partial charge in [-0.2, -0.15) is 0 Å². The topological polar surface area (TPSA) is 201 Å². The van der Waals surface area contributed by atoms with Gasteiger partial charge in [0.2, 0.25) is 5.60 Å². The fraction of sp³-hybridized carbons (Fsp3) is 0.400. The number of fused-ring (bicyclic) bond motifs is 2. The van der Waals surface area contributed by atoms with Crippen molar-refractivity contribution in [3.63, 3.8) is 0 Å². The Labute approximate surface area is 262 Å². The van der Waals surface area contributed by atoms with Crippen LogP contribution in [0.4, 0.5) is 5.13 Å². The molecule has 2 aromatic heterocycles. The van der Waals surface area contributed by atoms with Gasteiger partial charge >= 0.3 is 11.9 Å². The first-order chi connectivity index (χ1) is 20.4. The summed E-state index contributed by atoms with van der Waals surface area (Å²) in [6.07, 6.45) is 4.06. The number of aliphatic carboxylic acids is 2. The molecule has 5 rings (SSSR count). The molecule has 0 radical (unpaired) electrons. The minimum absolute atomic E-state index is 0.0355. The lowest BCUT2D eigenvalue weighted by Crippen LogP contribution is -2.71. The molecule has 5 heterocycles. The third kappa shape index (κ3) is 6.22. The molecule has 1 unspecified atom stereocenters. The number of β-lactam (4-membered cyclic amide) rings is 1. The molecule has 2 amide bonds. The van der Waals surface area contributed by atoms with Gasteiger partial charge in [0.25, 0.3) is 11.8 Å². The second-order valence-corrected chi connectivity index (χ2v) is 14.2. The number of carboxylic acids is 2. The molecule has 0 bridgehead atoms. The molecule has 228 valence electrons. The lowest BCUT2D eigenvalue weighted by molar-refractivity contribution is -0.161.